The Labute approximate surface area is 135 Å². The van der Waals surface area contributed by atoms with E-state index in [0.717, 1.165) is 32.1 Å². The molecule has 2 rings (SSSR count). The molecule has 0 aliphatic rings. The third-order valence-electron chi connectivity index (χ3n) is 4.11. The summed E-state index contributed by atoms with van der Waals surface area (Å²) in [7, 11) is 1.65. The van der Waals surface area contributed by atoms with E-state index in [4.69, 9.17) is 0 Å². The van der Waals surface area contributed by atoms with Crippen LogP contribution in [0.3, 0.4) is 0 Å². The number of aliphatic hydroxyl groups excluding tert-OH is 1. The van der Waals surface area contributed by atoms with Crippen molar-refractivity contribution in [3.63, 3.8) is 0 Å². The summed E-state index contributed by atoms with van der Waals surface area (Å²) in [6, 6.07) is 0. The molecule has 23 heavy (non-hydrogen) atoms. The first-order chi connectivity index (χ1) is 11.0. The predicted molar refractivity (Wildman–Crippen MR) is 89.7 cm³/mol. The van der Waals surface area contributed by atoms with Gasteiger partial charge in [-0.05, 0) is 32.6 Å². The van der Waals surface area contributed by atoms with Crippen LogP contribution in [-0.2, 0) is 20.1 Å². The number of nitrogens with zero attached hydrogens (tertiary/aromatic N) is 4. The second-order valence-electron chi connectivity index (χ2n) is 6.11. The zero-order chi connectivity index (χ0) is 17.0. The van der Waals surface area contributed by atoms with Crippen molar-refractivity contribution in [2.45, 2.75) is 65.1 Å². The molecule has 0 aliphatic carbocycles. The SMILES string of the molecule is CCCCn1c(=O)c2c(ncn2CCCCC(C)O)n(C)c1=O. The summed E-state index contributed by atoms with van der Waals surface area (Å²) in [4.78, 5) is 29.2. The molecule has 1 unspecified atom stereocenters. The number of unbranched alkanes of at least 4 members (excludes halogenated alkanes) is 2. The van der Waals surface area contributed by atoms with Crippen LogP contribution in [0.2, 0.25) is 0 Å². The molecule has 0 saturated heterocycles. The predicted octanol–water partition coefficient (Wildman–Crippen LogP) is 1.25. The zero-order valence-corrected chi connectivity index (χ0v) is 14.2. The average Bonchev–Trinajstić information content (AvgIpc) is 2.93. The molecule has 0 bridgehead atoms. The smallest absolute Gasteiger partial charge is 0.332 e. The lowest BCUT2D eigenvalue weighted by Gasteiger charge is -2.09. The van der Waals surface area contributed by atoms with Crippen LogP contribution < -0.4 is 11.2 Å². The molecular formula is C16H26N4O3. The van der Waals surface area contributed by atoms with Gasteiger partial charge in [-0.3, -0.25) is 13.9 Å². The maximum absolute atomic E-state index is 12.7. The number of aryl methyl sites for hydroxylation is 2. The number of fused-ring (bicyclic) bond motifs is 1. The first-order valence-electron chi connectivity index (χ1n) is 8.30. The quantitative estimate of drug-likeness (QED) is 0.742. The molecule has 0 radical (unpaired) electrons. The Hall–Kier alpha value is -1.89. The summed E-state index contributed by atoms with van der Waals surface area (Å²) in [5.41, 5.74) is 0.350. The van der Waals surface area contributed by atoms with E-state index in [2.05, 4.69) is 4.98 Å². The second-order valence-corrected chi connectivity index (χ2v) is 6.11. The van der Waals surface area contributed by atoms with Crippen molar-refractivity contribution in [1.82, 2.24) is 18.7 Å². The number of hydrogen-bond acceptors (Lipinski definition) is 4. The van der Waals surface area contributed by atoms with Crippen LogP contribution >= 0.6 is 0 Å². The molecular weight excluding hydrogens is 296 g/mol. The lowest BCUT2D eigenvalue weighted by atomic mass is 10.2. The number of aliphatic hydroxyl groups is 1. The summed E-state index contributed by atoms with van der Waals surface area (Å²) >= 11 is 0. The highest BCUT2D eigenvalue weighted by Gasteiger charge is 2.15. The normalized spacial score (nSPS) is 12.9. The molecule has 7 nitrogen and oxygen atoms in total. The Morgan fingerprint density at radius 2 is 1.96 bits per heavy atom. The third kappa shape index (κ3) is 3.72. The van der Waals surface area contributed by atoms with Gasteiger partial charge >= 0.3 is 5.69 Å². The van der Waals surface area contributed by atoms with Gasteiger partial charge in [0.1, 0.15) is 0 Å². The number of imidazole rings is 1. The van der Waals surface area contributed by atoms with Crippen molar-refractivity contribution < 1.29 is 5.11 Å². The fourth-order valence-electron chi connectivity index (χ4n) is 2.73. The fraction of sp³-hybridized carbons (Fsp3) is 0.688. The molecule has 2 aromatic rings. The minimum absolute atomic E-state index is 0.260. The minimum atomic E-state index is -0.310. The Kier molecular flexibility index (Phi) is 5.76. The van der Waals surface area contributed by atoms with Crippen LogP contribution in [0.4, 0.5) is 0 Å². The molecule has 1 N–H and O–H groups in total. The maximum Gasteiger partial charge on any atom is 0.332 e. The van der Waals surface area contributed by atoms with Gasteiger partial charge in [0, 0.05) is 20.1 Å². The summed E-state index contributed by atoms with van der Waals surface area (Å²) in [5, 5.41) is 9.30. The van der Waals surface area contributed by atoms with Crippen molar-refractivity contribution in [2.24, 2.45) is 7.05 Å². The van der Waals surface area contributed by atoms with Gasteiger partial charge < -0.3 is 9.67 Å². The highest BCUT2D eigenvalue weighted by Crippen LogP contribution is 2.09. The van der Waals surface area contributed by atoms with Gasteiger partial charge in [0.25, 0.3) is 5.56 Å². The van der Waals surface area contributed by atoms with E-state index < -0.39 is 0 Å². The summed E-state index contributed by atoms with van der Waals surface area (Å²) in [6.07, 6.45) is 5.52. The van der Waals surface area contributed by atoms with E-state index in [0.29, 0.717) is 24.3 Å². The molecule has 0 aromatic carbocycles. The van der Waals surface area contributed by atoms with Gasteiger partial charge in [-0.25, -0.2) is 9.78 Å². The molecule has 0 fully saturated rings. The minimum Gasteiger partial charge on any atom is -0.393 e. The van der Waals surface area contributed by atoms with E-state index in [1.807, 2.05) is 11.5 Å². The van der Waals surface area contributed by atoms with Gasteiger partial charge in [0.15, 0.2) is 11.2 Å². The Morgan fingerprint density at radius 3 is 2.61 bits per heavy atom. The van der Waals surface area contributed by atoms with Gasteiger partial charge in [-0.2, -0.15) is 0 Å². The third-order valence-corrected chi connectivity index (χ3v) is 4.11. The molecule has 7 heteroatoms. The van der Waals surface area contributed by atoms with Gasteiger partial charge in [0.05, 0.1) is 12.4 Å². The van der Waals surface area contributed by atoms with Crippen LogP contribution in [0.25, 0.3) is 11.2 Å². The van der Waals surface area contributed by atoms with Crippen LogP contribution in [-0.4, -0.2) is 29.9 Å². The summed E-state index contributed by atoms with van der Waals surface area (Å²) in [6.45, 7) is 4.89. The number of rotatable bonds is 8. The van der Waals surface area contributed by atoms with Gasteiger partial charge in [0.2, 0.25) is 0 Å². The summed E-state index contributed by atoms with van der Waals surface area (Å²) < 4.78 is 4.57. The van der Waals surface area contributed by atoms with E-state index in [1.54, 1.807) is 20.3 Å². The highest BCUT2D eigenvalue weighted by atomic mass is 16.3. The van der Waals surface area contributed by atoms with E-state index in [9.17, 15) is 14.7 Å². The van der Waals surface area contributed by atoms with E-state index in [-0.39, 0.29) is 17.4 Å². The Morgan fingerprint density at radius 1 is 1.22 bits per heavy atom. The monoisotopic (exact) mass is 322 g/mol. The number of hydrogen-bond donors (Lipinski definition) is 1. The van der Waals surface area contributed by atoms with Crippen LogP contribution in [0.5, 0.6) is 0 Å². The molecule has 0 aliphatic heterocycles. The summed E-state index contributed by atoms with van der Waals surface area (Å²) in [5.74, 6) is 0. The van der Waals surface area contributed by atoms with Crippen molar-refractivity contribution in [1.29, 1.82) is 0 Å². The van der Waals surface area contributed by atoms with E-state index >= 15 is 0 Å². The molecule has 0 spiro atoms. The largest absolute Gasteiger partial charge is 0.393 e. The molecule has 2 heterocycles. The van der Waals surface area contributed by atoms with Crippen LogP contribution in [0.1, 0.15) is 46.0 Å². The first kappa shape index (κ1) is 17.5. The first-order valence-corrected chi connectivity index (χ1v) is 8.30. The van der Waals surface area contributed by atoms with Crippen molar-refractivity contribution in [3.8, 4) is 0 Å². The van der Waals surface area contributed by atoms with Crippen molar-refractivity contribution in [2.75, 3.05) is 0 Å². The second kappa shape index (κ2) is 7.59. The van der Waals surface area contributed by atoms with Crippen molar-refractivity contribution >= 4 is 11.2 Å². The van der Waals surface area contributed by atoms with Gasteiger partial charge in [-0.1, -0.05) is 13.3 Å². The molecule has 128 valence electrons. The lowest BCUT2D eigenvalue weighted by molar-refractivity contribution is 0.180. The van der Waals surface area contributed by atoms with Crippen molar-refractivity contribution in [3.05, 3.63) is 27.2 Å². The molecule has 0 amide bonds. The lowest BCUT2D eigenvalue weighted by Crippen LogP contribution is -2.39. The fourth-order valence-corrected chi connectivity index (χ4v) is 2.73. The molecule has 1 atom stereocenters. The maximum atomic E-state index is 12.7. The average molecular weight is 322 g/mol. The molecule has 2 aromatic heterocycles. The highest BCUT2D eigenvalue weighted by molar-refractivity contribution is 5.69. The molecule has 0 saturated carbocycles. The van der Waals surface area contributed by atoms with Crippen LogP contribution in [0.15, 0.2) is 15.9 Å². The topological polar surface area (TPSA) is 82.0 Å². The standard InChI is InChI=1S/C16H26N4O3/c1-4-5-10-20-15(22)13-14(18(3)16(20)23)17-11-19(13)9-7-6-8-12(2)21/h11-12,21H,4-10H2,1-3H3. The zero-order valence-electron chi connectivity index (χ0n) is 14.2. The van der Waals surface area contributed by atoms with E-state index in [1.165, 1.54) is 9.13 Å². The van der Waals surface area contributed by atoms with Gasteiger partial charge in [-0.15, -0.1) is 0 Å². The number of aromatic nitrogens is 4. The Bertz CT molecular complexity index is 770. The van der Waals surface area contributed by atoms with Crippen LogP contribution in [0, 0.1) is 0 Å². The Balaban J connectivity index is 2.35.